The fourth-order valence-electron chi connectivity index (χ4n) is 0.895. The number of halogens is 1. The molecule has 0 atom stereocenters. The molecule has 0 unspecified atom stereocenters. The molecule has 15 heavy (non-hydrogen) atoms. The van der Waals surface area contributed by atoms with Gasteiger partial charge in [-0.05, 0) is 0 Å². The summed E-state index contributed by atoms with van der Waals surface area (Å²) in [5.74, 6) is -0.502. The van der Waals surface area contributed by atoms with Gasteiger partial charge < -0.3 is 4.74 Å². The van der Waals surface area contributed by atoms with Gasteiger partial charge in [-0.1, -0.05) is 11.6 Å². The molecule has 0 saturated heterocycles. The summed E-state index contributed by atoms with van der Waals surface area (Å²) >= 11 is 5.70. The van der Waals surface area contributed by atoms with E-state index in [0.717, 1.165) is 12.3 Å². The van der Waals surface area contributed by atoms with Gasteiger partial charge in [-0.25, -0.2) is 0 Å². The molecule has 6 nitrogen and oxygen atoms in total. The average molecular weight is 231 g/mol. The Hall–Kier alpha value is -1.69. The van der Waals surface area contributed by atoms with Crippen LogP contribution in [0.15, 0.2) is 12.3 Å². The van der Waals surface area contributed by atoms with E-state index in [1.807, 2.05) is 0 Å². The smallest absolute Gasteiger partial charge is 0.311 e. The fourth-order valence-corrected chi connectivity index (χ4v) is 1.12. The summed E-state index contributed by atoms with van der Waals surface area (Å²) in [7, 11) is 1.24. The molecular weight excluding hydrogens is 224 g/mol. The minimum atomic E-state index is -0.610. The zero-order valence-electron chi connectivity index (χ0n) is 7.77. The van der Waals surface area contributed by atoms with Crippen LogP contribution >= 0.6 is 11.6 Å². The van der Waals surface area contributed by atoms with Crippen LogP contribution in [0.2, 0.25) is 5.02 Å². The van der Waals surface area contributed by atoms with Crippen LogP contribution in [0.25, 0.3) is 0 Å². The highest BCUT2D eigenvalue weighted by atomic mass is 35.5. The van der Waals surface area contributed by atoms with Gasteiger partial charge in [0, 0.05) is 6.07 Å². The van der Waals surface area contributed by atoms with E-state index in [2.05, 4.69) is 9.72 Å². The maximum Gasteiger partial charge on any atom is 0.311 e. The molecule has 0 spiro atoms. The average Bonchev–Trinajstić information content (AvgIpc) is 2.20. The first-order chi connectivity index (χ1) is 7.04. The largest absolute Gasteiger partial charge is 0.469 e. The van der Waals surface area contributed by atoms with E-state index in [4.69, 9.17) is 11.6 Å². The molecule has 0 aliphatic heterocycles. The number of rotatable bonds is 3. The van der Waals surface area contributed by atoms with Gasteiger partial charge in [0.2, 0.25) is 0 Å². The maximum absolute atomic E-state index is 10.9. The Morgan fingerprint density at radius 3 is 2.87 bits per heavy atom. The molecule has 0 N–H and O–H groups in total. The third-order valence-electron chi connectivity index (χ3n) is 1.65. The van der Waals surface area contributed by atoms with E-state index in [1.54, 1.807) is 0 Å². The Morgan fingerprint density at radius 1 is 1.73 bits per heavy atom. The summed E-state index contributed by atoms with van der Waals surface area (Å²) in [6.07, 6.45) is 0.942. The quantitative estimate of drug-likeness (QED) is 0.445. The van der Waals surface area contributed by atoms with Crippen LogP contribution in [0.1, 0.15) is 5.69 Å². The Morgan fingerprint density at radius 2 is 2.40 bits per heavy atom. The molecule has 7 heteroatoms. The summed E-state index contributed by atoms with van der Waals surface area (Å²) in [6.45, 7) is 0. The molecule has 0 aromatic carbocycles. The highest BCUT2D eigenvalue weighted by Gasteiger charge is 2.13. The lowest BCUT2D eigenvalue weighted by atomic mass is 10.2. The van der Waals surface area contributed by atoms with E-state index >= 15 is 0 Å². The highest BCUT2D eigenvalue weighted by molar-refractivity contribution is 6.31. The van der Waals surface area contributed by atoms with Gasteiger partial charge >= 0.3 is 5.97 Å². The monoisotopic (exact) mass is 230 g/mol. The van der Waals surface area contributed by atoms with Crippen molar-refractivity contribution in [2.75, 3.05) is 7.11 Å². The minimum absolute atomic E-state index is 0.0783. The molecule has 1 rings (SSSR count). The van der Waals surface area contributed by atoms with E-state index in [9.17, 15) is 14.9 Å². The van der Waals surface area contributed by atoms with E-state index in [0.29, 0.717) is 0 Å². The topological polar surface area (TPSA) is 82.3 Å². The van der Waals surface area contributed by atoms with E-state index in [-0.39, 0.29) is 22.8 Å². The molecule has 0 bridgehead atoms. The molecule has 0 saturated carbocycles. The normalized spacial score (nSPS) is 9.73. The van der Waals surface area contributed by atoms with Crippen molar-refractivity contribution in [1.29, 1.82) is 0 Å². The Bertz CT molecular complexity index is 408. The molecule has 0 aliphatic carbocycles. The number of hydrogen-bond acceptors (Lipinski definition) is 5. The molecule has 80 valence electrons. The number of pyridine rings is 1. The zero-order valence-corrected chi connectivity index (χ0v) is 8.52. The van der Waals surface area contributed by atoms with Crippen LogP contribution < -0.4 is 0 Å². The number of methoxy groups -OCH3 is 1. The fraction of sp³-hybridized carbons (Fsp3) is 0.250. The van der Waals surface area contributed by atoms with Crippen molar-refractivity contribution in [2.24, 2.45) is 0 Å². The van der Waals surface area contributed by atoms with Crippen LogP contribution in [0.3, 0.4) is 0 Å². The van der Waals surface area contributed by atoms with Crippen molar-refractivity contribution in [3.8, 4) is 0 Å². The third-order valence-corrected chi connectivity index (χ3v) is 1.98. The van der Waals surface area contributed by atoms with Crippen molar-refractivity contribution in [2.45, 2.75) is 6.42 Å². The number of ether oxygens (including phenoxy) is 1. The van der Waals surface area contributed by atoms with Gasteiger partial charge in [-0.2, -0.15) is 0 Å². The Balaban J connectivity index is 2.93. The van der Waals surface area contributed by atoms with Gasteiger partial charge in [-0.3, -0.25) is 19.9 Å². The summed E-state index contributed by atoms with van der Waals surface area (Å²) in [4.78, 5) is 24.4. The second-order valence-electron chi connectivity index (χ2n) is 2.63. The number of nitrogens with zero attached hydrogens (tertiary/aromatic N) is 2. The Kier molecular flexibility index (Phi) is 3.56. The number of aromatic nitrogens is 1. The maximum atomic E-state index is 10.9. The Labute approximate surface area is 90.0 Å². The predicted molar refractivity (Wildman–Crippen MR) is 51.6 cm³/mol. The molecule has 1 aromatic rings. The molecule has 0 fully saturated rings. The van der Waals surface area contributed by atoms with Crippen molar-refractivity contribution >= 4 is 23.3 Å². The van der Waals surface area contributed by atoms with Crippen LogP contribution in [0.4, 0.5) is 5.69 Å². The van der Waals surface area contributed by atoms with Crippen molar-refractivity contribution in [3.63, 3.8) is 0 Å². The molecule has 1 aromatic heterocycles. The van der Waals surface area contributed by atoms with Gasteiger partial charge in [0.05, 0.1) is 29.2 Å². The van der Waals surface area contributed by atoms with Gasteiger partial charge in [0.25, 0.3) is 5.69 Å². The van der Waals surface area contributed by atoms with Gasteiger partial charge in [-0.15, -0.1) is 0 Å². The minimum Gasteiger partial charge on any atom is -0.469 e. The molecule has 0 radical (unpaired) electrons. The standard InChI is InChI=1S/C8H7ClN2O4/c1-15-8(12)3-7-6(9)2-5(4-10-7)11(13)14/h2,4H,3H2,1H3. The molecule has 0 amide bonds. The number of nitro groups is 1. The summed E-state index contributed by atoms with van der Waals surface area (Å²) in [6, 6.07) is 1.15. The van der Waals surface area contributed by atoms with Crippen molar-refractivity contribution < 1.29 is 14.5 Å². The van der Waals surface area contributed by atoms with Crippen LogP contribution in [0.5, 0.6) is 0 Å². The molecule has 0 aliphatic rings. The second kappa shape index (κ2) is 4.70. The molecular formula is C8H7ClN2O4. The van der Waals surface area contributed by atoms with Crippen LogP contribution in [-0.2, 0) is 16.0 Å². The van der Waals surface area contributed by atoms with E-state index < -0.39 is 10.9 Å². The number of carbonyl (C=O) groups is 1. The first-order valence-corrected chi connectivity index (χ1v) is 4.28. The van der Waals surface area contributed by atoms with E-state index in [1.165, 1.54) is 7.11 Å². The highest BCUT2D eigenvalue weighted by Crippen LogP contribution is 2.20. The zero-order chi connectivity index (χ0) is 11.4. The third kappa shape index (κ3) is 2.88. The number of hydrogen-bond donors (Lipinski definition) is 0. The SMILES string of the molecule is COC(=O)Cc1ncc([N+](=O)[O-])cc1Cl. The molecule has 1 heterocycles. The van der Waals surface area contributed by atoms with Crippen molar-refractivity contribution in [3.05, 3.63) is 33.1 Å². The summed E-state index contributed by atoms with van der Waals surface area (Å²) in [5.41, 5.74) is 0.0442. The lowest BCUT2D eigenvalue weighted by Gasteiger charge is -2.01. The van der Waals surface area contributed by atoms with Crippen molar-refractivity contribution in [1.82, 2.24) is 4.98 Å². The predicted octanol–water partition coefficient (Wildman–Crippen LogP) is 1.36. The van der Waals surface area contributed by atoms with Gasteiger partial charge in [0.1, 0.15) is 6.20 Å². The number of carbonyl (C=O) groups excluding carboxylic acids is 1. The number of esters is 1. The first kappa shape index (κ1) is 11.4. The van der Waals surface area contributed by atoms with Crippen LogP contribution in [-0.4, -0.2) is 23.0 Å². The lowest BCUT2D eigenvalue weighted by molar-refractivity contribution is -0.385. The van der Waals surface area contributed by atoms with Gasteiger partial charge in [0.15, 0.2) is 0 Å². The first-order valence-electron chi connectivity index (χ1n) is 3.90. The van der Waals surface area contributed by atoms with Crippen LogP contribution in [0, 0.1) is 10.1 Å². The summed E-state index contributed by atoms with van der Waals surface area (Å²) in [5, 5.41) is 10.4. The summed E-state index contributed by atoms with van der Waals surface area (Å²) < 4.78 is 4.42. The second-order valence-corrected chi connectivity index (χ2v) is 3.04. The lowest BCUT2D eigenvalue weighted by Crippen LogP contribution is -2.06.